The van der Waals surface area contributed by atoms with Crippen LogP contribution in [-0.4, -0.2) is 10.1 Å². The van der Waals surface area contributed by atoms with Crippen LogP contribution in [0.1, 0.15) is 17.0 Å². The molecule has 2 aromatic rings. The molecule has 0 unspecified atom stereocenters. The number of benzene rings is 1. The van der Waals surface area contributed by atoms with Gasteiger partial charge in [-0.1, -0.05) is 17.7 Å². The van der Waals surface area contributed by atoms with Crippen LogP contribution in [0.15, 0.2) is 28.7 Å². The van der Waals surface area contributed by atoms with Crippen molar-refractivity contribution in [1.29, 1.82) is 0 Å². The van der Waals surface area contributed by atoms with Gasteiger partial charge >= 0.3 is 0 Å². The van der Waals surface area contributed by atoms with Crippen LogP contribution in [0.4, 0.5) is 0 Å². The molecule has 1 aromatic heterocycles. The zero-order chi connectivity index (χ0) is 10.8. The van der Waals surface area contributed by atoms with Crippen molar-refractivity contribution < 1.29 is 9.52 Å². The highest BCUT2D eigenvalue weighted by Crippen LogP contribution is 2.22. The average molecular weight is 203 g/mol. The Labute approximate surface area is 88.4 Å². The van der Waals surface area contributed by atoms with E-state index in [1.807, 2.05) is 38.1 Å². The molecule has 0 aliphatic rings. The lowest BCUT2D eigenvalue weighted by atomic mass is 10.1. The predicted octanol–water partition coefficient (Wildman–Crippen LogP) is 2.45. The van der Waals surface area contributed by atoms with E-state index >= 15 is 0 Å². The number of hydrogen-bond acceptors (Lipinski definition) is 3. The van der Waals surface area contributed by atoms with Crippen molar-refractivity contribution in [2.24, 2.45) is 0 Å². The highest BCUT2D eigenvalue weighted by molar-refractivity contribution is 5.54. The first-order valence-electron chi connectivity index (χ1n) is 4.85. The molecule has 1 N–H and O–H groups in total. The second-order valence-corrected chi connectivity index (χ2v) is 3.56. The molecule has 0 bridgehead atoms. The number of aromatic nitrogens is 1. The number of nitrogens with zero attached hydrogens (tertiary/aromatic N) is 1. The Morgan fingerprint density at radius 3 is 2.73 bits per heavy atom. The summed E-state index contributed by atoms with van der Waals surface area (Å²) >= 11 is 0. The topological polar surface area (TPSA) is 46.3 Å². The van der Waals surface area contributed by atoms with E-state index in [2.05, 4.69) is 4.98 Å². The summed E-state index contributed by atoms with van der Waals surface area (Å²) in [5, 5.41) is 9.00. The Kier molecular flexibility index (Phi) is 2.56. The monoisotopic (exact) mass is 203 g/mol. The summed E-state index contributed by atoms with van der Waals surface area (Å²) in [7, 11) is 0. The lowest BCUT2D eigenvalue weighted by Crippen LogP contribution is -1.81. The Bertz CT molecular complexity index is 474. The maximum Gasteiger partial charge on any atom is 0.226 e. The lowest BCUT2D eigenvalue weighted by Gasteiger charge is -1.96. The molecule has 0 saturated carbocycles. The minimum Gasteiger partial charge on any atom is -0.438 e. The second kappa shape index (κ2) is 3.87. The number of aliphatic hydroxyl groups excluding tert-OH is 1. The summed E-state index contributed by atoms with van der Waals surface area (Å²) in [6, 6.07) is 7.93. The van der Waals surface area contributed by atoms with Crippen LogP contribution in [0.25, 0.3) is 11.5 Å². The number of aryl methyl sites for hydroxylation is 2. The Morgan fingerprint density at radius 1 is 1.33 bits per heavy atom. The fraction of sp³-hybridized carbons (Fsp3) is 0.250. The third-order valence-electron chi connectivity index (χ3n) is 2.30. The maximum atomic E-state index is 9.00. The molecule has 2 rings (SSSR count). The standard InChI is InChI=1S/C12H13NO2/c1-8-4-3-5-10(6-8)12-13-9(2)11(7-14)15-12/h3-6,14H,7H2,1-2H3. The fourth-order valence-electron chi connectivity index (χ4n) is 1.48. The van der Waals surface area contributed by atoms with Crippen LogP contribution in [0.3, 0.4) is 0 Å². The molecule has 0 saturated heterocycles. The molecule has 1 heterocycles. The van der Waals surface area contributed by atoms with Gasteiger partial charge in [0.15, 0.2) is 5.76 Å². The zero-order valence-corrected chi connectivity index (χ0v) is 8.82. The normalized spacial score (nSPS) is 10.6. The van der Waals surface area contributed by atoms with Crippen LogP contribution in [0, 0.1) is 13.8 Å². The first-order valence-corrected chi connectivity index (χ1v) is 4.85. The molecular formula is C12H13NO2. The van der Waals surface area contributed by atoms with E-state index in [9.17, 15) is 0 Å². The third kappa shape index (κ3) is 1.92. The van der Waals surface area contributed by atoms with Crippen molar-refractivity contribution in [3.05, 3.63) is 41.3 Å². The number of aliphatic hydroxyl groups is 1. The summed E-state index contributed by atoms with van der Waals surface area (Å²) in [4.78, 5) is 4.27. The van der Waals surface area contributed by atoms with Gasteiger partial charge in [0.05, 0.1) is 5.69 Å². The van der Waals surface area contributed by atoms with Gasteiger partial charge in [0.2, 0.25) is 5.89 Å². The van der Waals surface area contributed by atoms with E-state index in [4.69, 9.17) is 9.52 Å². The minimum absolute atomic E-state index is 0.106. The van der Waals surface area contributed by atoms with Gasteiger partial charge in [-0.3, -0.25) is 0 Å². The van der Waals surface area contributed by atoms with Gasteiger partial charge in [-0.15, -0.1) is 0 Å². The van der Waals surface area contributed by atoms with E-state index in [1.165, 1.54) is 0 Å². The van der Waals surface area contributed by atoms with E-state index in [-0.39, 0.29) is 6.61 Å². The third-order valence-corrected chi connectivity index (χ3v) is 2.30. The SMILES string of the molecule is Cc1cccc(-c2nc(C)c(CO)o2)c1. The van der Waals surface area contributed by atoms with Gasteiger partial charge < -0.3 is 9.52 Å². The Hall–Kier alpha value is -1.61. The van der Waals surface area contributed by atoms with E-state index in [0.29, 0.717) is 11.7 Å². The average Bonchev–Trinajstić information content (AvgIpc) is 2.60. The smallest absolute Gasteiger partial charge is 0.226 e. The van der Waals surface area contributed by atoms with Gasteiger partial charge in [0, 0.05) is 5.56 Å². The van der Waals surface area contributed by atoms with Crippen LogP contribution in [-0.2, 0) is 6.61 Å². The second-order valence-electron chi connectivity index (χ2n) is 3.56. The molecule has 0 amide bonds. The largest absolute Gasteiger partial charge is 0.438 e. The molecule has 0 atom stereocenters. The maximum absolute atomic E-state index is 9.00. The van der Waals surface area contributed by atoms with E-state index < -0.39 is 0 Å². The Balaban J connectivity index is 2.45. The minimum atomic E-state index is -0.106. The summed E-state index contributed by atoms with van der Waals surface area (Å²) in [6.45, 7) is 3.74. The van der Waals surface area contributed by atoms with Gasteiger partial charge in [-0.2, -0.15) is 0 Å². The summed E-state index contributed by atoms with van der Waals surface area (Å²) in [6.07, 6.45) is 0. The summed E-state index contributed by atoms with van der Waals surface area (Å²) in [5.74, 6) is 1.10. The Morgan fingerprint density at radius 2 is 2.13 bits per heavy atom. The molecule has 3 heteroatoms. The molecule has 0 aliphatic heterocycles. The van der Waals surface area contributed by atoms with Gasteiger partial charge in [-0.25, -0.2) is 4.98 Å². The number of rotatable bonds is 2. The van der Waals surface area contributed by atoms with Crippen molar-refractivity contribution in [3.8, 4) is 11.5 Å². The number of hydrogen-bond donors (Lipinski definition) is 1. The quantitative estimate of drug-likeness (QED) is 0.815. The van der Waals surface area contributed by atoms with Gasteiger partial charge in [0.25, 0.3) is 0 Å². The van der Waals surface area contributed by atoms with Gasteiger partial charge in [0.1, 0.15) is 6.61 Å². The van der Waals surface area contributed by atoms with Gasteiger partial charge in [-0.05, 0) is 26.0 Å². The lowest BCUT2D eigenvalue weighted by molar-refractivity contribution is 0.247. The first-order chi connectivity index (χ1) is 7.20. The van der Waals surface area contributed by atoms with E-state index in [1.54, 1.807) is 0 Å². The fourth-order valence-corrected chi connectivity index (χ4v) is 1.48. The molecule has 0 spiro atoms. The molecule has 3 nitrogen and oxygen atoms in total. The van der Waals surface area contributed by atoms with Crippen molar-refractivity contribution in [2.45, 2.75) is 20.5 Å². The molecule has 0 aliphatic carbocycles. The molecule has 0 radical (unpaired) electrons. The predicted molar refractivity (Wildman–Crippen MR) is 57.3 cm³/mol. The van der Waals surface area contributed by atoms with Crippen LogP contribution in [0.2, 0.25) is 0 Å². The summed E-state index contributed by atoms with van der Waals surface area (Å²) in [5.41, 5.74) is 2.85. The number of oxazole rings is 1. The van der Waals surface area contributed by atoms with Crippen molar-refractivity contribution in [3.63, 3.8) is 0 Å². The van der Waals surface area contributed by atoms with Crippen molar-refractivity contribution in [1.82, 2.24) is 4.98 Å². The van der Waals surface area contributed by atoms with E-state index in [0.717, 1.165) is 16.8 Å². The van der Waals surface area contributed by atoms with Crippen LogP contribution in [0.5, 0.6) is 0 Å². The highest BCUT2D eigenvalue weighted by atomic mass is 16.4. The first kappa shape index (κ1) is 9.93. The summed E-state index contributed by atoms with van der Waals surface area (Å²) < 4.78 is 5.44. The zero-order valence-electron chi connectivity index (χ0n) is 8.82. The highest BCUT2D eigenvalue weighted by Gasteiger charge is 2.09. The van der Waals surface area contributed by atoms with Crippen LogP contribution < -0.4 is 0 Å². The molecule has 78 valence electrons. The molecule has 15 heavy (non-hydrogen) atoms. The van der Waals surface area contributed by atoms with Crippen molar-refractivity contribution in [2.75, 3.05) is 0 Å². The molecular weight excluding hydrogens is 190 g/mol. The molecule has 1 aromatic carbocycles. The molecule has 0 fully saturated rings. The van der Waals surface area contributed by atoms with Crippen LogP contribution >= 0.6 is 0 Å². The van der Waals surface area contributed by atoms with Crippen molar-refractivity contribution >= 4 is 0 Å².